The fourth-order valence-corrected chi connectivity index (χ4v) is 9.88. The Hall–Kier alpha value is -5.61. The van der Waals surface area contributed by atoms with Crippen molar-refractivity contribution in [2.24, 2.45) is 0 Å². The van der Waals surface area contributed by atoms with Crippen molar-refractivity contribution in [3.05, 3.63) is 182 Å². The highest BCUT2D eigenvalue weighted by Gasteiger charge is 2.22. The SMILES string of the molecule is CC/C=C\C/C=C\C/C=C\C/C=C\C/C=C\C/C=C\C/C=C\C/C=C\C/C=C\C/C=C\C/C=C\C/C=C\CCCCC(=O)OC(COC(=O)CCCCCCCCCCCCCCCCCC/C=C\C/C=C\C/C=C\CCCCCCC)COC(OCC[N+](C)(C)C)C(=O)[O-]. The molecule has 9 nitrogen and oxygen atoms in total. The summed E-state index contributed by atoms with van der Waals surface area (Å²) in [6.45, 7) is 4.57. The third-order valence-electron chi connectivity index (χ3n) is 15.6. The van der Waals surface area contributed by atoms with Gasteiger partial charge in [0.2, 0.25) is 0 Å². The number of nitrogens with zero attached hydrogens (tertiary/aromatic N) is 1. The van der Waals surface area contributed by atoms with Crippen molar-refractivity contribution >= 4 is 17.9 Å². The summed E-state index contributed by atoms with van der Waals surface area (Å²) >= 11 is 0. The molecule has 0 N–H and O–H groups in total. The van der Waals surface area contributed by atoms with E-state index in [2.05, 4.69) is 196 Å². The number of carboxylic acid groups (broad SMARTS) is 1. The number of ether oxygens (including phenoxy) is 4. The molecule has 0 amide bonds. The molecule has 95 heavy (non-hydrogen) atoms. The lowest BCUT2D eigenvalue weighted by Gasteiger charge is -2.26. The molecule has 0 fully saturated rings. The van der Waals surface area contributed by atoms with Gasteiger partial charge in [0, 0.05) is 12.8 Å². The molecule has 0 rings (SSSR count). The van der Waals surface area contributed by atoms with E-state index in [1.54, 1.807) is 0 Å². The van der Waals surface area contributed by atoms with Crippen LogP contribution in [-0.2, 0) is 33.3 Å². The fourth-order valence-electron chi connectivity index (χ4n) is 9.88. The van der Waals surface area contributed by atoms with Gasteiger partial charge >= 0.3 is 11.9 Å². The predicted octanol–water partition coefficient (Wildman–Crippen LogP) is 23.0. The van der Waals surface area contributed by atoms with Crippen LogP contribution in [0.25, 0.3) is 0 Å². The van der Waals surface area contributed by atoms with Gasteiger partial charge in [0.25, 0.3) is 0 Å². The maximum atomic E-state index is 12.9. The smallest absolute Gasteiger partial charge is 0.306 e. The Morgan fingerprint density at radius 3 is 0.916 bits per heavy atom. The topological polar surface area (TPSA) is 111 Å². The van der Waals surface area contributed by atoms with Crippen molar-refractivity contribution in [2.75, 3.05) is 47.5 Å². The van der Waals surface area contributed by atoms with Crippen molar-refractivity contribution in [3.63, 3.8) is 0 Å². The summed E-state index contributed by atoms with van der Waals surface area (Å²) < 4.78 is 22.8. The summed E-state index contributed by atoms with van der Waals surface area (Å²) in [5, 5.41) is 11.8. The summed E-state index contributed by atoms with van der Waals surface area (Å²) in [7, 11) is 5.91. The Morgan fingerprint density at radius 1 is 0.326 bits per heavy atom. The van der Waals surface area contributed by atoms with E-state index < -0.39 is 24.3 Å². The lowest BCUT2D eigenvalue weighted by atomic mass is 10.0. The number of rotatable bonds is 68. The molecule has 0 aromatic rings. The number of carboxylic acids is 1. The molecule has 0 bridgehead atoms. The second-order valence-electron chi connectivity index (χ2n) is 25.9. The third-order valence-corrected chi connectivity index (χ3v) is 15.6. The molecule has 0 aromatic carbocycles. The molecule has 0 saturated carbocycles. The van der Waals surface area contributed by atoms with Gasteiger partial charge in [-0.3, -0.25) is 9.59 Å². The van der Waals surface area contributed by atoms with Crippen LogP contribution in [-0.4, -0.2) is 82.3 Å². The van der Waals surface area contributed by atoms with E-state index in [1.165, 1.54) is 128 Å². The van der Waals surface area contributed by atoms with E-state index >= 15 is 0 Å². The third kappa shape index (κ3) is 75.6. The maximum absolute atomic E-state index is 12.9. The van der Waals surface area contributed by atoms with Crippen LogP contribution in [0.5, 0.6) is 0 Å². The fraction of sp³-hybridized carbons (Fsp3) is 0.616. The number of hydrogen-bond donors (Lipinski definition) is 0. The van der Waals surface area contributed by atoms with E-state index in [-0.39, 0.29) is 38.6 Å². The maximum Gasteiger partial charge on any atom is 0.306 e. The number of carbonyl (C=O) groups is 3. The second-order valence-corrected chi connectivity index (χ2v) is 25.9. The molecule has 536 valence electrons. The zero-order chi connectivity index (χ0) is 69.0. The van der Waals surface area contributed by atoms with Crippen molar-refractivity contribution in [1.82, 2.24) is 0 Å². The van der Waals surface area contributed by atoms with Gasteiger partial charge in [0.15, 0.2) is 12.4 Å². The first-order valence-electron chi connectivity index (χ1n) is 37.9. The first-order chi connectivity index (χ1) is 46.6. The molecule has 2 atom stereocenters. The summed E-state index contributed by atoms with van der Waals surface area (Å²) in [4.78, 5) is 37.5. The number of hydrogen-bond acceptors (Lipinski definition) is 8. The van der Waals surface area contributed by atoms with Crippen LogP contribution in [0, 0.1) is 0 Å². The highest BCUT2D eigenvalue weighted by molar-refractivity contribution is 5.70. The number of likely N-dealkylation sites (N-methyl/N-ethyl adjacent to an activating group) is 1. The summed E-state index contributed by atoms with van der Waals surface area (Å²) in [6.07, 6.45) is 110. The summed E-state index contributed by atoms with van der Waals surface area (Å²) in [5.74, 6) is -2.36. The first kappa shape index (κ1) is 89.4. The van der Waals surface area contributed by atoms with Crippen LogP contribution in [0.2, 0.25) is 0 Å². The van der Waals surface area contributed by atoms with E-state index in [4.69, 9.17) is 18.9 Å². The zero-order valence-electron chi connectivity index (χ0n) is 61.2. The largest absolute Gasteiger partial charge is 0.545 e. The van der Waals surface area contributed by atoms with Crippen LogP contribution < -0.4 is 5.11 Å². The normalized spacial score (nSPS) is 13.7. The molecule has 2 unspecified atom stereocenters. The van der Waals surface area contributed by atoms with Crippen LogP contribution in [0.1, 0.15) is 284 Å². The minimum atomic E-state index is -1.65. The molecule has 0 aliphatic heterocycles. The molecule has 0 heterocycles. The average Bonchev–Trinajstić information content (AvgIpc) is 2.92. The number of unbranched alkanes of at least 4 members (excludes halogenated alkanes) is 23. The highest BCUT2D eigenvalue weighted by Crippen LogP contribution is 2.16. The minimum absolute atomic E-state index is 0.130. The zero-order valence-corrected chi connectivity index (χ0v) is 61.2. The average molecular weight is 1320 g/mol. The lowest BCUT2D eigenvalue weighted by Crippen LogP contribution is -2.44. The van der Waals surface area contributed by atoms with Crippen molar-refractivity contribution in [1.29, 1.82) is 0 Å². The lowest BCUT2D eigenvalue weighted by molar-refractivity contribution is -0.870. The van der Waals surface area contributed by atoms with Gasteiger partial charge in [-0.2, -0.15) is 0 Å². The standard InChI is InChI=1S/C86H139NO8/c1-6-8-10-12-14-16-18-20-22-24-26-28-30-32-34-36-38-39-40-41-42-43-44-45-47-49-51-53-55-57-59-61-63-65-67-69-71-73-75-77-84(89)95-82(81-94-86(85(90)91)92-79-78-87(3,4)5)80-93-83(88)76-74-72-70-68-66-64-62-60-58-56-54-52-50-48-46-37-35-33-31-29-27-25-23-21-19-17-15-13-11-9-7-2/h8,10,14,16,19-22,25-28,31-34,38-39,41-42,44-45,49,51,55,57,61,63,67,69,82,86H,6-7,9,11-13,15,17-18,23-24,29-30,35-37,40,43,46-48,50,52-54,56,58-60,62,64-66,68,70-81H2,1-5H3/b10-8-,16-14-,21-19-,22-20-,27-25-,28-26-,33-31-,34-32-,39-38-,42-41-,45-44-,51-49-,57-55-,63-61-,69-67-. The number of allylic oxidation sites excluding steroid dienone is 30. The second kappa shape index (κ2) is 74.2. The van der Waals surface area contributed by atoms with E-state index in [9.17, 15) is 19.5 Å². The van der Waals surface area contributed by atoms with Gasteiger partial charge in [-0.05, 0) is 141 Å². The minimum Gasteiger partial charge on any atom is -0.545 e. The van der Waals surface area contributed by atoms with Crippen LogP contribution in [0.3, 0.4) is 0 Å². The Kier molecular flexibility index (Phi) is 69.8. The number of quaternary nitrogens is 1. The Balaban J connectivity index is 4.23. The van der Waals surface area contributed by atoms with Gasteiger partial charge in [0.1, 0.15) is 13.2 Å². The molecule has 0 aromatic heterocycles. The summed E-state index contributed by atoms with van der Waals surface area (Å²) in [6, 6.07) is 0. The summed E-state index contributed by atoms with van der Waals surface area (Å²) in [5.41, 5.74) is 0. The van der Waals surface area contributed by atoms with E-state index in [1.807, 2.05) is 21.1 Å². The molecule has 9 heteroatoms. The van der Waals surface area contributed by atoms with Gasteiger partial charge in [-0.25, -0.2) is 0 Å². The van der Waals surface area contributed by atoms with Crippen molar-refractivity contribution < 1.29 is 42.9 Å². The molecule has 0 aliphatic rings. The molecular weight excluding hydrogens is 1170 g/mol. The first-order valence-corrected chi connectivity index (χ1v) is 37.9. The van der Waals surface area contributed by atoms with E-state index in [0.717, 1.165) is 122 Å². The van der Waals surface area contributed by atoms with Crippen LogP contribution in [0.4, 0.5) is 0 Å². The van der Waals surface area contributed by atoms with Crippen molar-refractivity contribution in [2.45, 2.75) is 296 Å². The van der Waals surface area contributed by atoms with Gasteiger partial charge < -0.3 is 33.3 Å². The molecule has 0 spiro atoms. The van der Waals surface area contributed by atoms with Gasteiger partial charge in [-0.1, -0.05) is 312 Å². The van der Waals surface area contributed by atoms with E-state index in [0.29, 0.717) is 17.4 Å². The molecular formula is C86H139NO8. The Labute approximate surface area is 583 Å². The highest BCUT2D eigenvalue weighted by atomic mass is 16.7. The molecule has 0 saturated heterocycles. The quantitative estimate of drug-likeness (QED) is 0.0195. The van der Waals surface area contributed by atoms with Crippen LogP contribution >= 0.6 is 0 Å². The Bertz CT molecular complexity index is 2220. The number of esters is 2. The Morgan fingerprint density at radius 2 is 0.600 bits per heavy atom. The monoisotopic (exact) mass is 1310 g/mol. The van der Waals surface area contributed by atoms with Crippen molar-refractivity contribution in [3.8, 4) is 0 Å². The molecule has 0 radical (unpaired) electrons. The number of carbonyl (C=O) groups excluding carboxylic acids is 3. The predicted molar refractivity (Wildman–Crippen MR) is 407 cm³/mol. The molecule has 0 aliphatic carbocycles. The van der Waals surface area contributed by atoms with Crippen LogP contribution in [0.15, 0.2) is 182 Å². The van der Waals surface area contributed by atoms with Gasteiger partial charge in [-0.15, -0.1) is 0 Å². The number of aliphatic carboxylic acids is 1. The van der Waals surface area contributed by atoms with Gasteiger partial charge in [0.05, 0.1) is 40.3 Å².